The van der Waals surface area contributed by atoms with E-state index in [9.17, 15) is 0 Å². The molecule has 2 aliphatic carbocycles. The van der Waals surface area contributed by atoms with Gasteiger partial charge in [-0.15, -0.1) is 0 Å². The molecule has 2 aliphatic rings. The number of hydrogen-bond donors (Lipinski definition) is 0. The van der Waals surface area contributed by atoms with Gasteiger partial charge in [0.15, 0.2) is 0 Å². The van der Waals surface area contributed by atoms with Gasteiger partial charge in [-0.2, -0.15) is 0 Å². The minimum atomic E-state index is 0.192. The van der Waals surface area contributed by atoms with Crippen molar-refractivity contribution < 1.29 is 0 Å². The van der Waals surface area contributed by atoms with Gasteiger partial charge in [-0.05, 0) is 147 Å². The molecular weight excluding hydrogens is 801 g/mol. The van der Waals surface area contributed by atoms with Crippen molar-refractivity contribution in [2.24, 2.45) is 0 Å². The van der Waals surface area contributed by atoms with Crippen molar-refractivity contribution in [2.75, 3.05) is 9.80 Å². The minimum absolute atomic E-state index is 0.192. The summed E-state index contributed by atoms with van der Waals surface area (Å²) in [5.74, 6) is 0. The van der Waals surface area contributed by atoms with Crippen LogP contribution in [0.25, 0.3) is 66.1 Å². The van der Waals surface area contributed by atoms with Crippen LogP contribution in [-0.2, 0) is 0 Å². The Bertz CT molecular complexity index is 3560. The van der Waals surface area contributed by atoms with Gasteiger partial charge in [-0.25, -0.2) is 0 Å². The molecule has 0 spiro atoms. The number of aryl methyl sites for hydroxylation is 1. The second-order valence-electron chi connectivity index (χ2n) is 17.8. The summed E-state index contributed by atoms with van der Waals surface area (Å²) in [6.07, 6.45) is 16.8. The molecular formula is C62H50N4. The lowest BCUT2D eigenvalue weighted by Crippen LogP contribution is -2.30. The van der Waals surface area contributed by atoms with Crippen molar-refractivity contribution in [1.29, 1.82) is 0 Å². The predicted octanol–water partition coefficient (Wildman–Crippen LogP) is 16.9. The molecule has 2 heterocycles. The fraction of sp³-hybridized carbons (Fsp3) is 0.0968. The molecule has 10 aromatic rings. The van der Waals surface area contributed by atoms with Crippen LogP contribution in [0, 0.1) is 6.92 Å². The summed E-state index contributed by atoms with van der Waals surface area (Å²) in [6.45, 7) is 4.34. The number of para-hydroxylation sites is 3. The van der Waals surface area contributed by atoms with Crippen molar-refractivity contribution in [3.8, 4) is 16.8 Å². The van der Waals surface area contributed by atoms with Crippen LogP contribution in [0.1, 0.15) is 31.7 Å². The fourth-order valence-corrected chi connectivity index (χ4v) is 10.3. The highest BCUT2D eigenvalue weighted by molar-refractivity contribution is 6.12. The number of nitrogens with zero attached hydrogens (tertiary/aromatic N) is 4. The summed E-state index contributed by atoms with van der Waals surface area (Å²) in [6, 6.07) is 69.5. The molecule has 4 nitrogen and oxygen atoms in total. The van der Waals surface area contributed by atoms with Gasteiger partial charge in [0, 0.05) is 61.4 Å². The van der Waals surface area contributed by atoms with E-state index in [1.54, 1.807) is 0 Å². The van der Waals surface area contributed by atoms with E-state index >= 15 is 0 Å². The summed E-state index contributed by atoms with van der Waals surface area (Å²) in [5, 5.41) is 5.04. The molecule has 0 radical (unpaired) electrons. The molecule has 0 aliphatic heterocycles. The third-order valence-corrected chi connectivity index (χ3v) is 13.6. The Balaban J connectivity index is 0.901. The van der Waals surface area contributed by atoms with Crippen LogP contribution in [-0.4, -0.2) is 15.2 Å². The predicted molar refractivity (Wildman–Crippen MR) is 281 cm³/mol. The second kappa shape index (κ2) is 16.5. The van der Waals surface area contributed by atoms with Crippen molar-refractivity contribution >= 4 is 77.7 Å². The van der Waals surface area contributed by atoms with Crippen molar-refractivity contribution in [3.63, 3.8) is 0 Å². The SMILES string of the molecule is CC1=CCC(N(c2ccc(-c3ccc(N(c4ccc(C)cc4)c4ccc5c(c4)c4ccccc4n5-c4ccccc4)cc3)cc2)c2ccc3c(c2)c2ccccc2n3C2=CC=CCC2)C=C1. The van der Waals surface area contributed by atoms with Crippen LogP contribution >= 0.6 is 0 Å². The molecule has 2 aromatic heterocycles. The van der Waals surface area contributed by atoms with E-state index in [2.05, 4.69) is 257 Å². The third-order valence-electron chi connectivity index (χ3n) is 13.6. The first-order valence-corrected chi connectivity index (χ1v) is 23.3. The van der Waals surface area contributed by atoms with Gasteiger partial charge in [0.05, 0.1) is 28.1 Å². The Kier molecular flexibility index (Phi) is 9.87. The van der Waals surface area contributed by atoms with E-state index in [0.717, 1.165) is 42.0 Å². The average molecular weight is 851 g/mol. The van der Waals surface area contributed by atoms with E-state index in [1.807, 2.05) is 0 Å². The lowest BCUT2D eigenvalue weighted by atomic mass is 9.99. The summed E-state index contributed by atoms with van der Waals surface area (Å²) in [7, 11) is 0. The van der Waals surface area contributed by atoms with E-state index in [1.165, 1.54) is 82.9 Å². The molecule has 66 heavy (non-hydrogen) atoms. The van der Waals surface area contributed by atoms with Gasteiger partial charge in [-0.3, -0.25) is 0 Å². The average Bonchev–Trinajstić information content (AvgIpc) is 3.89. The first kappa shape index (κ1) is 39.5. The quantitative estimate of drug-likeness (QED) is 0.144. The van der Waals surface area contributed by atoms with Crippen LogP contribution in [0.2, 0.25) is 0 Å². The molecule has 318 valence electrons. The molecule has 1 atom stereocenters. The lowest BCUT2D eigenvalue weighted by Gasteiger charge is -2.33. The van der Waals surface area contributed by atoms with Crippen molar-refractivity contribution in [2.45, 2.75) is 39.2 Å². The van der Waals surface area contributed by atoms with Gasteiger partial charge < -0.3 is 18.9 Å². The highest BCUT2D eigenvalue weighted by Crippen LogP contribution is 2.42. The lowest BCUT2D eigenvalue weighted by molar-refractivity contribution is 0.780. The first-order chi connectivity index (χ1) is 32.6. The zero-order valence-corrected chi connectivity index (χ0v) is 37.3. The number of allylic oxidation sites excluding steroid dienone is 6. The first-order valence-electron chi connectivity index (χ1n) is 23.3. The molecule has 0 saturated heterocycles. The zero-order chi connectivity index (χ0) is 44.1. The van der Waals surface area contributed by atoms with E-state index in [-0.39, 0.29) is 6.04 Å². The third kappa shape index (κ3) is 6.94. The molecule has 0 amide bonds. The van der Waals surface area contributed by atoms with Gasteiger partial charge in [0.25, 0.3) is 0 Å². The largest absolute Gasteiger partial charge is 0.334 e. The molecule has 0 N–H and O–H groups in total. The summed E-state index contributed by atoms with van der Waals surface area (Å²) in [4.78, 5) is 4.90. The van der Waals surface area contributed by atoms with Crippen molar-refractivity contribution in [3.05, 3.63) is 236 Å². The maximum absolute atomic E-state index is 2.52. The molecule has 1 unspecified atom stereocenters. The standard InChI is InChI=1S/C62H50N4/c1-43-21-29-49(30-22-43)63(53-37-39-61-57(41-53)55-17-9-11-19-59(55)65(61)47-13-5-3-6-14-47)51-33-25-45(26-34-51)46-27-35-52(36-28-46)64(50-31-23-44(2)24-32-50)54-38-40-62-58(42-54)56-18-10-12-20-60(56)66(62)48-15-7-4-8-16-48/h3-7,9-15,17-31,33-42,50H,8,16,32H2,1-2H3. The monoisotopic (exact) mass is 850 g/mol. The van der Waals surface area contributed by atoms with Gasteiger partial charge >= 0.3 is 0 Å². The summed E-state index contributed by atoms with van der Waals surface area (Å²) >= 11 is 0. The molecule has 0 saturated carbocycles. The number of benzene rings is 8. The van der Waals surface area contributed by atoms with Crippen LogP contribution in [0.3, 0.4) is 0 Å². The Morgan fingerprint density at radius 3 is 1.67 bits per heavy atom. The zero-order valence-electron chi connectivity index (χ0n) is 37.3. The van der Waals surface area contributed by atoms with E-state index < -0.39 is 0 Å². The number of hydrogen-bond acceptors (Lipinski definition) is 2. The van der Waals surface area contributed by atoms with Crippen LogP contribution in [0.4, 0.5) is 28.4 Å². The highest BCUT2D eigenvalue weighted by atomic mass is 15.2. The van der Waals surface area contributed by atoms with E-state index in [0.29, 0.717) is 0 Å². The summed E-state index contributed by atoms with van der Waals surface area (Å²) < 4.78 is 4.85. The maximum Gasteiger partial charge on any atom is 0.0560 e. The Hall–Kier alpha value is -8.08. The highest BCUT2D eigenvalue weighted by Gasteiger charge is 2.23. The molecule has 8 aromatic carbocycles. The molecule has 12 rings (SSSR count). The number of aromatic nitrogens is 2. The fourth-order valence-electron chi connectivity index (χ4n) is 10.3. The Morgan fingerprint density at radius 1 is 0.485 bits per heavy atom. The van der Waals surface area contributed by atoms with Gasteiger partial charge in [0.2, 0.25) is 0 Å². The topological polar surface area (TPSA) is 16.3 Å². The number of anilines is 5. The normalized spacial score (nSPS) is 14.8. The van der Waals surface area contributed by atoms with Crippen LogP contribution < -0.4 is 9.80 Å². The number of fused-ring (bicyclic) bond motifs is 6. The van der Waals surface area contributed by atoms with Crippen molar-refractivity contribution in [1.82, 2.24) is 9.13 Å². The minimum Gasteiger partial charge on any atom is -0.334 e. The molecule has 0 fully saturated rings. The van der Waals surface area contributed by atoms with Gasteiger partial charge in [-0.1, -0.05) is 133 Å². The summed E-state index contributed by atoms with van der Waals surface area (Å²) in [5.41, 5.74) is 18.1. The van der Waals surface area contributed by atoms with E-state index in [4.69, 9.17) is 0 Å². The second-order valence-corrected chi connectivity index (χ2v) is 17.8. The van der Waals surface area contributed by atoms with Crippen LogP contribution in [0.5, 0.6) is 0 Å². The maximum atomic E-state index is 2.52. The van der Waals surface area contributed by atoms with Crippen LogP contribution in [0.15, 0.2) is 230 Å². The smallest absolute Gasteiger partial charge is 0.0560 e. The molecule has 4 heteroatoms. The van der Waals surface area contributed by atoms with Gasteiger partial charge in [0.1, 0.15) is 0 Å². The Morgan fingerprint density at radius 2 is 1.03 bits per heavy atom. The molecule has 0 bridgehead atoms. The number of rotatable bonds is 9. The Labute approximate surface area is 386 Å².